The van der Waals surface area contributed by atoms with Crippen LogP contribution < -0.4 is 15.2 Å². The highest BCUT2D eigenvalue weighted by atomic mass is 16.7. The lowest BCUT2D eigenvalue weighted by atomic mass is 9.82. The molecule has 4 atom stereocenters. The lowest BCUT2D eigenvalue weighted by Gasteiger charge is -2.28. The Morgan fingerprint density at radius 3 is 2.09 bits per heavy atom. The Labute approximate surface area is 197 Å². The zero-order chi connectivity index (χ0) is 25.8. The van der Waals surface area contributed by atoms with Crippen molar-refractivity contribution in [2.45, 2.75) is 51.7 Å². The fourth-order valence-electron chi connectivity index (χ4n) is 3.17. The lowest BCUT2D eigenvalue weighted by Crippen LogP contribution is -2.40. The Bertz CT molecular complexity index is 857. The van der Waals surface area contributed by atoms with Crippen LogP contribution >= 0.6 is 0 Å². The van der Waals surface area contributed by atoms with Gasteiger partial charge in [-0.25, -0.2) is 14.4 Å². The van der Waals surface area contributed by atoms with Crippen LogP contribution in [0.4, 0.5) is 14.4 Å². The summed E-state index contributed by atoms with van der Waals surface area (Å²) in [6, 6.07) is 2.59. The molecule has 0 spiro atoms. The van der Waals surface area contributed by atoms with E-state index in [0.717, 1.165) is 20.6 Å². The number of methoxy groups -OCH3 is 2. The van der Waals surface area contributed by atoms with Crippen molar-refractivity contribution in [1.82, 2.24) is 0 Å². The monoisotopic (exact) mass is 485 g/mol. The molecule has 0 radical (unpaired) electrons. The summed E-state index contributed by atoms with van der Waals surface area (Å²) in [5, 5.41) is 9.53. The zero-order valence-corrected chi connectivity index (χ0v) is 19.8. The summed E-state index contributed by atoms with van der Waals surface area (Å²) in [6.07, 6.45) is -1.89. The highest BCUT2D eigenvalue weighted by molar-refractivity contribution is 5.75. The second kappa shape index (κ2) is 13.9. The second-order valence-corrected chi connectivity index (χ2v) is 7.46. The van der Waals surface area contributed by atoms with E-state index in [-0.39, 0.29) is 24.2 Å². The molecule has 0 heterocycles. The van der Waals surface area contributed by atoms with Crippen molar-refractivity contribution in [1.29, 1.82) is 0 Å². The number of benzene rings is 1. The first-order chi connectivity index (χ1) is 16.0. The highest BCUT2D eigenvalue weighted by Crippen LogP contribution is 2.36. The molecule has 0 aliphatic rings. The van der Waals surface area contributed by atoms with Crippen molar-refractivity contribution in [2.75, 3.05) is 20.8 Å². The average molecular weight is 485 g/mol. The molecule has 3 N–H and O–H groups in total. The topological polar surface area (TPSA) is 170 Å². The Kier molecular flexibility index (Phi) is 11.6. The number of rotatable bonds is 11. The molecular weight excluding hydrogens is 454 g/mol. The summed E-state index contributed by atoms with van der Waals surface area (Å²) in [5.41, 5.74) is 6.24. The van der Waals surface area contributed by atoms with E-state index in [0.29, 0.717) is 12.0 Å². The van der Waals surface area contributed by atoms with Crippen molar-refractivity contribution in [2.24, 2.45) is 11.7 Å². The van der Waals surface area contributed by atoms with Gasteiger partial charge in [0.05, 0.1) is 20.8 Å². The number of carbonyl (C=O) groups excluding carboxylic acids is 3. The van der Waals surface area contributed by atoms with Crippen LogP contribution in [0.3, 0.4) is 0 Å². The number of ether oxygens (including phenoxy) is 6. The van der Waals surface area contributed by atoms with Gasteiger partial charge in [0.15, 0.2) is 11.5 Å². The van der Waals surface area contributed by atoms with Crippen LogP contribution in [0, 0.1) is 5.92 Å². The minimum atomic E-state index is -1.41. The predicted molar refractivity (Wildman–Crippen MR) is 117 cm³/mol. The molecule has 1 rings (SSSR count). The van der Waals surface area contributed by atoms with Gasteiger partial charge in [-0.2, -0.15) is 0 Å². The molecule has 1 aromatic rings. The van der Waals surface area contributed by atoms with Crippen LogP contribution in [-0.4, -0.2) is 62.5 Å². The maximum absolute atomic E-state index is 12.0. The largest absolute Gasteiger partial charge is 0.513 e. The molecule has 0 aromatic heterocycles. The Balaban J connectivity index is 3.20. The van der Waals surface area contributed by atoms with E-state index in [1.54, 1.807) is 13.8 Å². The third kappa shape index (κ3) is 8.77. The molecule has 12 nitrogen and oxygen atoms in total. The number of hydrogen-bond acceptors (Lipinski definition) is 11. The molecule has 12 heteroatoms. The van der Waals surface area contributed by atoms with Crippen LogP contribution in [0.25, 0.3) is 0 Å². The maximum Gasteiger partial charge on any atom is 0.513 e. The van der Waals surface area contributed by atoms with Gasteiger partial charge in [-0.3, -0.25) is 4.79 Å². The van der Waals surface area contributed by atoms with Crippen LogP contribution in [0.2, 0.25) is 0 Å². The van der Waals surface area contributed by atoms with Gasteiger partial charge in [0.2, 0.25) is 0 Å². The van der Waals surface area contributed by atoms with Gasteiger partial charge in [-0.1, -0.05) is 26.3 Å². The first kappa shape index (κ1) is 28.5. The predicted octanol–water partition coefficient (Wildman–Crippen LogP) is 3.45. The summed E-state index contributed by atoms with van der Waals surface area (Å²) in [4.78, 5) is 46.8. The van der Waals surface area contributed by atoms with Crippen molar-refractivity contribution in [3.05, 3.63) is 23.8 Å². The summed E-state index contributed by atoms with van der Waals surface area (Å²) < 4.78 is 29.2. The van der Waals surface area contributed by atoms with Crippen molar-refractivity contribution < 1.29 is 52.7 Å². The number of aliphatic carboxylic acids is 1. The molecule has 1 aromatic carbocycles. The van der Waals surface area contributed by atoms with Crippen LogP contribution in [0.5, 0.6) is 11.5 Å². The molecule has 0 fully saturated rings. The van der Waals surface area contributed by atoms with Gasteiger partial charge in [-0.15, -0.1) is 0 Å². The molecule has 0 saturated carbocycles. The number of carboxylic acids is 1. The quantitative estimate of drug-likeness (QED) is 0.266. The molecular formula is C22H31NO11. The molecule has 34 heavy (non-hydrogen) atoms. The van der Waals surface area contributed by atoms with E-state index in [4.69, 9.17) is 24.7 Å². The Morgan fingerprint density at radius 2 is 1.56 bits per heavy atom. The van der Waals surface area contributed by atoms with Crippen molar-refractivity contribution >= 4 is 24.4 Å². The van der Waals surface area contributed by atoms with E-state index >= 15 is 0 Å². The molecule has 0 aliphatic heterocycles. The fraction of sp³-hybridized carbons (Fsp3) is 0.545. The van der Waals surface area contributed by atoms with E-state index in [1.807, 2.05) is 6.92 Å². The minimum Gasteiger partial charge on any atom is -0.480 e. The number of carbonyl (C=O) groups is 4. The van der Waals surface area contributed by atoms with Gasteiger partial charge in [0.25, 0.3) is 0 Å². The van der Waals surface area contributed by atoms with Crippen LogP contribution in [0.1, 0.15) is 45.1 Å². The molecule has 0 aliphatic carbocycles. The van der Waals surface area contributed by atoms with Gasteiger partial charge in [0, 0.05) is 5.92 Å². The van der Waals surface area contributed by atoms with E-state index < -0.39 is 42.3 Å². The van der Waals surface area contributed by atoms with E-state index in [2.05, 4.69) is 9.47 Å². The zero-order valence-electron chi connectivity index (χ0n) is 19.8. The number of carboxylic acid groups (broad SMARTS) is 1. The Morgan fingerprint density at radius 1 is 0.971 bits per heavy atom. The summed E-state index contributed by atoms with van der Waals surface area (Å²) >= 11 is 0. The van der Waals surface area contributed by atoms with Crippen LogP contribution in [-0.2, 0) is 23.7 Å². The molecule has 0 amide bonds. The maximum atomic E-state index is 12.0. The lowest BCUT2D eigenvalue weighted by molar-refractivity contribution is -0.139. The summed E-state index contributed by atoms with van der Waals surface area (Å²) in [6.45, 7) is 5.12. The first-order valence-corrected chi connectivity index (χ1v) is 10.5. The highest BCUT2D eigenvalue weighted by Gasteiger charge is 2.33. The fourth-order valence-corrected chi connectivity index (χ4v) is 3.17. The van der Waals surface area contributed by atoms with Crippen LogP contribution in [0.15, 0.2) is 18.2 Å². The number of hydrogen-bond donors (Lipinski definition) is 2. The third-order valence-corrected chi connectivity index (χ3v) is 4.81. The van der Waals surface area contributed by atoms with E-state index in [9.17, 15) is 24.3 Å². The minimum absolute atomic E-state index is 0.180. The second-order valence-electron chi connectivity index (χ2n) is 7.46. The molecule has 3 unspecified atom stereocenters. The van der Waals surface area contributed by atoms with E-state index in [1.165, 1.54) is 18.2 Å². The number of nitrogens with two attached hydrogens (primary N) is 1. The SMILES string of the molecule is CCCC(C)OC(=O)OCC(C)C(c1ccc(OC(=O)OC)c(OC(=O)OC)c1)[C@H](N)C(=O)O. The van der Waals surface area contributed by atoms with Crippen molar-refractivity contribution in [3.63, 3.8) is 0 Å². The molecule has 190 valence electrons. The normalized spacial score (nSPS) is 14.1. The molecule has 0 bridgehead atoms. The summed E-state index contributed by atoms with van der Waals surface area (Å²) in [7, 11) is 2.17. The molecule has 0 saturated heterocycles. The standard InChI is InChI=1S/C22H31NO11/c1-6-7-13(3)32-22(28)31-11-12(2)17(18(23)19(24)25)14-8-9-15(33-20(26)29-4)16(10-14)34-21(27)30-5/h8-10,12-13,17-18H,6-7,11,23H2,1-5H3,(H,24,25)/t12?,13?,17?,18-/m0/s1. The summed E-state index contributed by atoms with van der Waals surface area (Å²) in [5.74, 6) is -3.22. The Hall–Kier alpha value is -3.54. The van der Waals surface area contributed by atoms with Gasteiger partial charge in [-0.05, 0) is 37.0 Å². The van der Waals surface area contributed by atoms with Gasteiger partial charge < -0.3 is 39.3 Å². The smallest absolute Gasteiger partial charge is 0.480 e. The van der Waals surface area contributed by atoms with Gasteiger partial charge >= 0.3 is 24.4 Å². The average Bonchev–Trinajstić information content (AvgIpc) is 2.79. The van der Waals surface area contributed by atoms with Gasteiger partial charge in [0.1, 0.15) is 12.1 Å². The third-order valence-electron chi connectivity index (χ3n) is 4.81. The van der Waals surface area contributed by atoms with Crippen molar-refractivity contribution in [3.8, 4) is 11.5 Å². The first-order valence-electron chi connectivity index (χ1n) is 10.5.